The minimum atomic E-state index is -0.326. The fourth-order valence-corrected chi connectivity index (χ4v) is 2.97. The summed E-state index contributed by atoms with van der Waals surface area (Å²) in [7, 11) is 0. The Labute approximate surface area is 172 Å². The number of ether oxygens (including phenoxy) is 2. The maximum atomic E-state index is 11.4. The molecule has 0 aliphatic heterocycles. The lowest BCUT2D eigenvalue weighted by atomic mass is 9.96. The first-order valence-corrected chi connectivity index (χ1v) is 9.82. The number of nitrogens with one attached hydrogen (secondary N) is 2. The molecule has 0 radical (unpaired) electrons. The van der Waals surface area contributed by atoms with Gasteiger partial charge >= 0.3 is 5.97 Å². The summed E-state index contributed by atoms with van der Waals surface area (Å²) in [4.78, 5) is 11.4. The molecule has 0 aromatic heterocycles. The van der Waals surface area contributed by atoms with E-state index in [2.05, 4.69) is 25.2 Å². The van der Waals surface area contributed by atoms with Crippen molar-refractivity contribution in [3.8, 4) is 5.75 Å². The second-order valence-corrected chi connectivity index (χ2v) is 7.61. The van der Waals surface area contributed by atoms with Gasteiger partial charge in [0, 0.05) is 18.2 Å². The second-order valence-electron chi connectivity index (χ2n) is 7.61. The van der Waals surface area contributed by atoms with Gasteiger partial charge in [-0.15, -0.1) is 0 Å². The number of hydrogen-bond acceptors (Lipinski definition) is 5. The molecule has 0 bridgehead atoms. The van der Waals surface area contributed by atoms with Crippen LogP contribution in [0.2, 0.25) is 0 Å². The van der Waals surface area contributed by atoms with E-state index in [1.165, 1.54) is 6.92 Å². The average molecular weight is 398 g/mol. The lowest BCUT2D eigenvalue weighted by molar-refractivity contribution is -0.141. The zero-order valence-electron chi connectivity index (χ0n) is 17.8. The number of carbonyl (C=O) groups excluding carboxylic acids is 1. The molecule has 2 aromatic rings. The van der Waals surface area contributed by atoms with Crippen LogP contribution in [0.5, 0.6) is 5.75 Å². The van der Waals surface area contributed by atoms with Crippen LogP contribution in [-0.4, -0.2) is 24.5 Å². The first-order valence-electron chi connectivity index (χ1n) is 9.82. The van der Waals surface area contributed by atoms with E-state index in [9.17, 15) is 4.79 Å². The summed E-state index contributed by atoms with van der Waals surface area (Å²) in [6, 6.07) is 13.1. The van der Waals surface area contributed by atoms with E-state index < -0.39 is 0 Å². The average Bonchev–Trinajstić information content (AvgIpc) is 2.65. The fraction of sp³-hybridized carbons (Fsp3) is 0.391. The largest absolute Gasteiger partial charge is 0.491 e. The summed E-state index contributed by atoms with van der Waals surface area (Å²) >= 11 is 0. The standard InChI is InChI=1S/C23H31N3O3/c1-14(2)20-12-18(8-11-22(20)29-15(3)4)21(13-28-16(5)27)26-19-9-6-17(7-10-19)23(24)25/h6-12,14-15,21,26H,13H2,1-5H3,(H3,24,25). The molecule has 0 saturated heterocycles. The smallest absolute Gasteiger partial charge is 0.302 e. The van der Waals surface area contributed by atoms with Gasteiger partial charge in [0.25, 0.3) is 0 Å². The molecule has 0 aliphatic rings. The molecule has 4 N–H and O–H groups in total. The molecule has 0 aliphatic carbocycles. The number of amidine groups is 1. The van der Waals surface area contributed by atoms with Crippen LogP contribution >= 0.6 is 0 Å². The van der Waals surface area contributed by atoms with Gasteiger partial charge in [-0.05, 0) is 67.3 Å². The van der Waals surface area contributed by atoms with Crippen molar-refractivity contribution in [3.63, 3.8) is 0 Å². The molecule has 0 saturated carbocycles. The molecule has 2 aromatic carbocycles. The van der Waals surface area contributed by atoms with Gasteiger partial charge in [0.1, 0.15) is 18.2 Å². The number of anilines is 1. The molecule has 29 heavy (non-hydrogen) atoms. The molecule has 0 amide bonds. The topological polar surface area (TPSA) is 97.4 Å². The third-order valence-corrected chi connectivity index (χ3v) is 4.41. The molecule has 1 unspecified atom stereocenters. The van der Waals surface area contributed by atoms with Crippen LogP contribution < -0.4 is 15.8 Å². The molecule has 0 heterocycles. The highest BCUT2D eigenvalue weighted by atomic mass is 16.5. The summed E-state index contributed by atoms with van der Waals surface area (Å²) in [5, 5.41) is 10.9. The fourth-order valence-electron chi connectivity index (χ4n) is 2.97. The predicted molar refractivity (Wildman–Crippen MR) is 117 cm³/mol. The SMILES string of the molecule is CC(=O)OCC(Nc1ccc(C(=N)N)cc1)c1ccc(OC(C)C)c(C(C)C)c1. The van der Waals surface area contributed by atoms with E-state index >= 15 is 0 Å². The van der Waals surface area contributed by atoms with E-state index in [4.69, 9.17) is 20.6 Å². The molecule has 0 fully saturated rings. The molecular formula is C23H31N3O3. The quantitative estimate of drug-likeness (QED) is 0.326. The summed E-state index contributed by atoms with van der Waals surface area (Å²) in [6.45, 7) is 9.87. The van der Waals surface area contributed by atoms with Crippen LogP contribution in [-0.2, 0) is 9.53 Å². The zero-order valence-corrected chi connectivity index (χ0v) is 17.8. The van der Waals surface area contributed by atoms with Crippen LogP contribution in [0.3, 0.4) is 0 Å². The number of carbonyl (C=O) groups is 1. The van der Waals surface area contributed by atoms with Crippen molar-refractivity contribution >= 4 is 17.5 Å². The van der Waals surface area contributed by atoms with Crippen molar-refractivity contribution < 1.29 is 14.3 Å². The number of hydrogen-bond donors (Lipinski definition) is 3. The third kappa shape index (κ3) is 6.52. The molecule has 0 spiro atoms. The highest BCUT2D eigenvalue weighted by Crippen LogP contribution is 2.31. The normalized spacial score (nSPS) is 12.0. The van der Waals surface area contributed by atoms with Gasteiger partial charge in [0.2, 0.25) is 0 Å². The highest BCUT2D eigenvalue weighted by molar-refractivity contribution is 5.95. The van der Waals surface area contributed by atoms with E-state index in [1.54, 1.807) is 12.1 Å². The number of esters is 1. The Morgan fingerprint density at radius 2 is 1.76 bits per heavy atom. The number of nitrogens with two attached hydrogens (primary N) is 1. The molecule has 1 atom stereocenters. The number of rotatable bonds is 9. The van der Waals surface area contributed by atoms with Crippen molar-refractivity contribution in [2.24, 2.45) is 5.73 Å². The lowest BCUT2D eigenvalue weighted by Gasteiger charge is -2.23. The maximum Gasteiger partial charge on any atom is 0.302 e. The number of benzene rings is 2. The first kappa shape index (κ1) is 22.3. The van der Waals surface area contributed by atoms with Crippen LogP contribution in [0.15, 0.2) is 42.5 Å². The van der Waals surface area contributed by atoms with Crippen LogP contribution in [0.25, 0.3) is 0 Å². The predicted octanol–water partition coefficient (Wildman–Crippen LogP) is 4.60. The van der Waals surface area contributed by atoms with Gasteiger partial charge in [0.05, 0.1) is 12.1 Å². The summed E-state index contributed by atoms with van der Waals surface area (Å²) < 4.78 is 11.3. The second kappa shape index (κ2) is 9.96. The minimum Gasteiger partial charge on any atom is -0.491 e. The Morgan fingerprint density at radius 1 is 1.10 bits per heavy atom. The monoisotopic (exact) mass is 397 g/mol. The van der Waals surface area contributed by atoms with E-state index in [0.29, 0.717) is 5.56 Å². The summed E-state index contributed by atoms with van der Waals surface area (Å²) in [5.41, 5.74) is 9.14. The van der Waals surface area contributed by atoms with Gasteiger partial charge in [-0.1, -0.05) is 19.9 Å². The van der Waals surface area contributed by atoms with Gasteiger partial charge < -0.3 is 20.5 Å². The summed E-state index contributed by atoms with van der Waals surface area (Å²) in [6.07, 6.45) is 0.0908. The van der Waals surface area contributed by atoms with Gasteiger partial charge in [0.15, 0.2) is 0 Å². The molecular weight excluding hydrogens is 366 g/mol. The Balaban J connectivity index is 2.34. The number of nitrogen functional groups attached to an aromatic ring is 1. The minimum absolute atomic E-state index is 0.0235. The third-order valence-electron chi connectivity index (χ3n) is 4.41. The van der Waals surface area contributed by atoms with Crippen LogP contribution in [0.1, 0.15) is 63.3 Å². The zero-order chi connectivity index (χ0) is 21.6. The van der Waals surface area contributed by atoms with E-state index in [0.717, 1.165) is 22.6 Å². The Morgan fingerprint density at radius 3 is 2.28 bits per heavy atom. The Kier molecular flexibility index (Phi) is 7.65. The van der Waals surface area contributed by atoms with E-state index in [-0.39, 0.29) is 36.5 Å². The van der Waals surface area contributed by atoms with Gasteiger partial charge in [-0.25, -0.2) is 0 Å². The van der Waals surface area contributed by atoms with Gasteiger partial charge in [-0.3, -0.25) is 10.2 Å². The van der Waals surface area contributed by atoms with Crippen LogP contribution in [0, 0.1) is 5.41 Å². The van der Waals surface area contributed by atoms with Crippen molar-refractivity contribution in [2.75, 3.05) is 11.9 Å². The summed E-state index contributed by atoms with van der Waals surface area (Å²) in [5.74, 6) is 0.853. The Hall–Kier alpha value is -3.02. The highest BCUT2D eigenvalue weighted by Gasteiger charge is 2.18. The van der Waals surface area contributed by atoms with Crippen molar-refractivity contribution in [3.05, 3.63) is 59.2 Å². The first-order chi connectivity index (χ1) is 13.7. The van der Waals surface area contributed by atoms with Crippen molar-refractivity contribution in [1.82, 2.24) is 0 Å². The molecule has 156 valence electrons. The molecule has 2 rings (SSSR count). The van der Waals surface area contributed by atoms with E-state index in [1.807, 2.05) is 38.1 Å². The Bertz CT molecular complexity index is 845. The van der Waals surface area contributed by atoms with Crippen molar-refractivity contribution in [1.29, 1.82) is 5.41 Å². The van der Waals surface area contributed by atoms with Crippen molar-refractivity contribution in [2.45, 2.75) is 52.7 Å². The molecule has 6 heteroatoms. The lowest BCUT2D eigenvalue weighted by Crippen LogP contribution is -2.19. The maximum absolute atomic E-state index is 11.4. The van der Waals surface area contributed by atoms with Gasteiger partial charge in [-0.2, -0.15) is 0 Å². The van der Waals surface area contributed by atoms with Crippen LogP contribution in [0.4, 0.5) is 5.69 Å². The molecule has 6 nitrogen and oxygen atoms in total.